The molecule has 126 valence electrons. The van der Waals surface area contributed by atoms with Crippen LogP contribution in [0, 0.1) is 5.92 Å². The maximum absolute atomic E-state index is 12.6. The minimum atomic E-state index is -0.0186. The number of methoxy groups -OCH3 is 1. The van der Waals surface area contributed by atoms with Gasteiger partial charge in [-0.05, 0) is 42.2 Å². The lowest BCUT2D eigenvalue weighted by Gasteiger charge is -2.09. The fourth-order valence-electron chi connectivity index (χ4n) is 3.11. The van der Waals surface area contributed by atoms with Crippen LogP contribution in [0.5, 0.6) is 5.75 Å². The second kappa shape index (κ2) is 6.39. The highest BCUT2D eigenvalue weighted by molar-refractivity contribution is 5.95. The van der Waals surface area contributed by atoms with Gasteiger partial charge >= 0.3 is 0 Å². The molecule has 2 aromatic carbocycles. The van der Waals surface area contributed by atoms with E-state index in [2.05, 4.69) is 15.5 Å². The summed E-state index contributed by atoms with van der Waals surface area (Å²) in [6.45, 7) is 0. The molecule has 25 heavy (non-hydrogen) atoms. The lowest BCUT2D eigenvalue weighted by molar-refractivity contribution is -0.117. The van der Waals surface area contributed by atoms with E-state index in [0.717, 1.165) is 29.1 Å². The molecule has 0 radical (unpaired) electrons. The molecule has 3 aromatic rings. The largest absolute Gasteiger partial charge is 0.496 e. The van der Waals surface area contributed by atoms with Crippen molar-refractivity contribution in [3.05, 3.63) is 66.7 Å². The summed E-state index contributed by atoms with van der Waals surface area (Å²) in [6.07, 6.45) is 4.09. The van der Waals surface area contributed by atoms with Gasteiger partial charge in [0.2, 0.25) is 5.91 Å². The molecular weight excluding hydrogens is 316 g/mol. The first-order valence-electron chi connectivity index (χ1n) is 8.15. The van der Waals surface area contributed by atoms with E-state index in [4.69, 9.17) is 4.74 Å². The molecule has 1 saturated carbocycles. The zero-order valence-corrected chi connectivity index (χ0v) is 13.8. The smallest absolute Gasteiger partial charge is 0.228 e. The highest BCUT2D eigenvalue weighted by Gasteiger charge is 2.45. The van der Waals surface area contributed by atoms with Gasteiger partial charge in [0.1, 0.15) is 18.4 Å². The van der Waals surface area contributed by atoms with E-state index < -0.39 is 0 Å². The van der Waals surface area contributed by atoms with Gasteiger partial charge < -0.3 is 10.1 Å². The fraction of sp³-hybridized carbons (Fsp3) is 0.211. The molecule has 6 nitrogen and oxygen atoms in total. The quantitative estimate of drug-likeness (QED) is 0.779. The number of anilines is 1. The van der Waals surface area contributed by atoms with Crippen molar-refractivity contribution >= 4 is 11.6 Å². The maximum Gasteiger partial charge on any atom is 0.228 e. The first-order valence-corrected chi connectivity index (χ1v) is 8.15. The van der Waals surface area contributed by atoms with Crippen molar-refractivity contribution in [2.24, 2.45) is 5.92 Å². The number of aromatic nitrogens is 3. The molecule has 1 aliphatic rings. The SMILES string of the molecule is COc1ccccc1[C@@H]1C[C@H]1C(=O)Nc1cccc(-n2cnnc2)c1. The molecule has 1 heterocycles. The topological polar surface area (TPSA) is 69.0 Å². The normalized spacial score (nSPS) is 18.6. The molecule has 0 saturated heterocycles. The molecule has 0 spiro atoms. The molecule has 1 fully saturated rings. The standard InChI is InChI=1S/C19H18N4O2/c1-25-18-8-3-2-7-15(18)16-10-17(16)19(24)22-13-5-4-6-14(9-13)23-11-20-21-12-23/h2-9,11-12,16-17H,10H2,1H3,(H,22,24)/t16-,17+/m0/s1. The molecule has 2 atom stereocenters. The number of hydrogen-bond donors (Lipinski definition) is 1. The third-order valence-electron chi connectivity index (χ3n) is 4.50. The summed E-state index contributed by atoms with van der Waals surface area (Å²) in [5, 5.41) is 10.6. The third kappa shape index (κ3) is 3.10. The maximum atomic E-state index is 12.6. The van der Waals surface area contributed by atoms with Gasteiger partial charge in [0.15, 0.2) is 0 Å². The number of amides is 1. The van der Waals surface area contributed by atoms with Crippen LogP contribution < -0.4 is 10.1 Å². The van der Waals surface area contributed by atoms with Crippen LogP contribution in [0.4, 0.5) is 5.69 Å². The summed E-state index contributed by atoms with van der Waals surface area (Å²) in [5.41, 5.74) is 2.77. The van der Waals surface area contributed by atoms with Gasteiger partial charge in [0.25, 0.3) is 0 Å². The first-order chi connectivity index (χ1) is 12.3. The second-order valence-corrected chi connectivity index (χ2v) is 6.10. The van der Waals surface area contributed by atoms with Gasteiger partial charge in [0, 0.05) is 11.6 Å². The molecule has 0 bridgehead atoms. The van der Waals surface area contributed by atoms with Gasteiger partial charge in [-0.25, -0.2) is 0 Å². The van der Waals surface area contributed by atoms with Gasteiger partial charge in [-0.15, -0.1) is 10.2 Å². The van der Waals surface area contributed by atoms with Crippen LogP contribution in [-0.2, 0) is 4.79 Å². The Morgan fingerprint density at radius 2 is 1.96 bits per heavy atom. The highest BCUT2D eigenvalue weighted by atomic mass is 16.5. The number of hydrogen-bond acceptors (Lipinski definition) is 4. The Hall–Kier alpha value is -3.15. The number of rotatable bonds is 5. The van der Waals surface area contributed by atoms with Crippen LogP contribution in [0.2, 0.25) is 0 Å². The van der Waals surface area contributed by atoms with Crippen LogP contribution >= 0.6 is 0 Å². The number of ether oxygens (including phenoxy) is 1. The number of para-hydroxylation sites is 1. The van der Waals surface area contributed by atoms with Crippen molar-refractivity contribution in [2.45, 2.75) is 12.3 Å². The van der Waals surface area contributed by atoms with Gasteiger partial charge in [-0.2, -0.15) is 0 Å². The Balaban J connectivity index is 1.46. The molecule has 0 unspecified atom stereocenters. The molecule has 1 amide bonds. The Bertz CT molecular complexity index is 892. The lowest BCUT2D eigenvalue weighted by atomic mass is 10.1. The average Bonchev–Trinajstić information content (AvgIpc) is 3.26. The molecule has 4 rings (SSSR count). The van der Waals surface area contributed by atoms with Crippen LogP contribution in [-0.4, -0.2) is 27.8 Å². The number of nitrogens with zero attached hydrogens (tertiary/aromatic N) is 3. The van der Waals surface area contributed by atoms with Crippen LogP contribution in [0.3, 0.4) is 0 Å². The summed E-state index contributed by atoms with van der Waals surface area (Å²) >= 11 is 0. The van der Waals surface area contributed by atoms with Crippen molar-refractivity contribution in [2.75, 3.05) is 12.4 Å². The Labute approximate surface area is 145 Å². The van der Waals surface area contributed by atoms with Gasteiger partial charge in [0.05, 0.1) is 12.8 Å². The van der Waals surface area contributed by atoms with Gasteiger partial charge in [-0.1, -0.05) is 24.3 Å². The molecule has 6 heteroatoms. The Kier molecular flexibility index (Phi) is 3.93. The average molecular weight is 334 g/mol. The van der Waals surface area contributed by atoms with Gasteiger partial charge in [-0.3, -0.25) is 9.36 Å². The number of benzene rings is 2. The lowest BCUT2D eigenvalue weighted by Crippen LogP contribution is -2.14. The van der Waals surface area contributed by atoms with Crippen molar-refractivity contribution in [3.8, 4) is 11.4 Å². The second-order valence-electron chi connectivity index (χ2n) is 6.10. The first kappa shape index (κ1) is 15.4. The van der Waals surface area contributed by atoms with E-state index in [1.807, 2.05) is 48.5 Å². The number of nitrogens with one attached hydrogen (secondary N) is 1. The summed E-state index contributed by atoms with van der Waals surface area (Å²) in [6, 6.07) is 15.5. The monoisotopic (exact) mass is 334 g/mol. The zero-order chi connectivity index (χ0) is 17.2. The van der Waals surface area contributed by atoms with E-state index >= 15 is 0 Å². The minimum Gasteiger partial charge on any atom is -0.496 e. The number of carbonyl (C=O) groups excluding carboxylic acids is 1. The zero-order valence-electron chi connectivity index (χ0n) is 13.8. The van der Waals surface area contributed by atoms with Crippen LogP contribution in [0.15, 0.2) is 61.2 Å². The van der Waals surface area contributed by atoms with E-state index in [-0.39, 0.29) is 17.7 Å². The van der Waals surface area contributed by atoms with Crippen LogP contribution in [0.1, 0.15) is 17.9 Å². The minimum absolute atomic E-state index is 0.0186. The highest BCUT2D eigenvalue weighted by Crippen LogP contribution is 2.50. The summed E-state index contributed by atoms with van der Waals surface area (Å²) in [7, 11) is 1.66. The number of carbonyl (C=O) groups is 1. The van der Waals surface area contributed by atoms with E-state index in [9.17, 15) is 4.79 Å². The van der Waals surface area contributed by atoms with Crippen molar-refractivity contribution in [1.29, 1.82) is 0 Å². The molecule has 1 aromatic heterocycles. The third-order valence-corrected chi connectivity index (χ3v) is 4.50. The van der Waals surface area contributed by atoms with E-state index in [1.54, 1.807) is 24.3 Å². The molecular formula is C19H18N4O2. The van der Waals surface area contributed by atoms with Crippen molar-refractivity contribution in [3.63, 3.8) is 0 Å². The summed E-state index contributed by atoms with van der Waals surface area (Å²) < 4.78 is 7.20. The Morgan fingerprint density at radius 1 is 1.16 bits per heavy atom. The molecule has 1 N–H and O–H groups in total. The predicted molar refractivity (Wildman–Crippen MR) is 93.8 cm³/mol. The molecule has 1 aliphatic carbocycles. The van der Waals surface area contributed by atoms with E-state index in [1.165, 1.54) is 0 Å². The Morgan fingerprint density at radius 3 is 2.76 bits per heavy atom. The van der Waals surface area contributed by atoms with Crippen LogP contribution in [0.25, 0.3) is 5.69 Å². The van der Waals surface area contributed by atoms with Crippen molar-refractivity contribution in [1.82, 2.24) is 14.8 Å². The predicted octanol–water partition coefficient (Wildman–Crippen LogP) is 3.02. The summed E-state index contributed by atoms with van der Waals surface area (Å²) in [4.78, 5) is 12.6. The summed E-state index contributed by atoms with van der Waals surface area (Å²) in [5.74, 6) is 1.08. The fourth-order valence-corrected chi connectivity index (χ4v) is 3.11. The molecule has 0 aliphatic heterocycles. The van der Waals surface area contributed by atoms with Crippen molar-refractivity contribution < 1.29 is 9.53 Å². The van der Waals surface area contributed by atoms with E-state index in [0.29, 0.717) is 0 Å².